The first-order valence-corrected chi connectivity index (χ1v) is 10.3. The van der Waals surface area contributed by atoms with Crippen LogP contribution >= 0.6 is 24.0 Å². The molecule has 162 valence electrons. The van der Waals surface area contributed by atoms with Crippen LogP contribution in [0.15, 0.2) is 53.7 Å². The first-order chi connectivity index (χ1) is 14.3. The van der Waals surface area contributed by atoms with E-state index in [9.17, 15) is 0 Å². The maximum atomic E-state index is 4.62. The van der Waals surface area contributed by atoms with Crippen molar-refractivity contribution in [1.82, 2.24) is 25.2 Å². The highest BCUT2D eigenvalue weighted by molar-refractivity contribution is 14.0. The van der Waals surface area contributed by atoms with Gasteiger partial charge < -0.3 is 20.5 Å². The van der Waals surface area contributed by atoms with Crippen LogP contribution in [0.5, 0.6) is 0 Å². The molecule has 2 heterocycles. The normalized spacial score (nSPS) is 11.2. The summed E-state index contributed by atoms with van der Waals surface area (Å²) in [5, 5.41) is 10.1. The first kappa shape index (κ1) is 23.9. The van der Waals surface area contributed by atoms with Gasteiger partial charge in [0.25, 0.3) is 0 Å². The van der Waals surface area contributed by atoms with Gasteiger partial charge in [0.05, 0.1) is 11.0 Å². The van der Waals surface area contributed by atoms with Crippen molar-refractivity contribution in [3.8, 4) is 0 Å². The zero-order valence-electron chi connectivity index (χ0n) is 17.8. The molecule has 0 spiro atoms. The number of nitrogens with zero attached hydrogens (tertiary/aromatic N) is 4. The Morgan fingerprint density at radius 1 is 0.967 bits per heavy atom. The summed E-state index contributed by atoms with van der Waals surface area (Å²) < 4.78 is 2.28. The Hall–Kier alpha value is -2.36. The molecule has 0 aliphatic carbocycles. The predicted octanol–water partition coefficient (Wildman–Crippen LogP) is 3.81. The number of benzene rings is 1. The number of aryl methyl sites for hydroxylation is 2. The number of aromatic nitrogens is 3. The predicted molar refractivity (Wildman–Crippen MR) is 136 cm³/mol. The summed E-state index contributed by atoms with van der Waals surface area (Å²) in [6.07, 6.45) is 4.96. The zero-order chi connectivity index (χ0) is 20.3. The SMILES string of the molecule is CN=C(NCCCCNc1ccccn1)NCCCn1c(C)nc2ccccc21.I. The maximum Gasteiger partial charge on any atom is 0.190 e. The van der Waals surface area contributed by atoms with Crippen LogP contribution in [0.1, 0.15) is 25.1 Å². The molecule has 0 saturated heterocycles. The summed E-state index contributed by atoms with van der Waals surface area (Å²) >= 11 is 0. The van der Waals surface area contributed by atoms with Gasteiger partial charge in [-0.15, -0.1) is 24.0 Å². The molecule has 3 N–H and O–H groups in total. The van der Waals surface area contributed by atoms with Gasteiger partial charge in [0, 0.05) is 39.4 Å². The number of halogens is 1. The van der Waals surface area contributed by atoms with Crippen LogP contribution in [0, 0.1) is 6.92 Å². The molecule has 30 heavy (non-hydrogen) atoms. The van der Waals surface area contributed by atoms with Crippen LogP contribution in [0.3, 0.4) is 0 Å². The minimum absolute atomic E-state index is 0. The van der Waals surface area contributed by atoms with Crippen molar-refractivity contribution in [3.63, 3.8) is 0 Å². The van der Waals surface area contributed by atoms with E-state index in [1.165, 1.54) is 5.52 Å². The number of guanidine groups is 1. The molecule has 0 atom stereocenters. The molecule has 3 rings (SSSR count). The van der Waals surface area contributed by atoms with E-state index in [-0.39, 0.29) is 24.0 Å². The Labute approximate surface area is 195 Å². The van der Waals surface area contributed by atoms with Crippen LogP contribution in [0.2, 0.25) is 0 Å². The van der Waals surface area contributed by atoms with E-state index in [1.54, 1.807) is 6.20 Å². The topological polar surface area (TPSA) is 79.2 Å². The number of fused-ring (bicyclic) bond motifs is 1. The van der Waals surface area contributed by atoms with E-state index < -0.39 is 0 Å². The van der Waals surface area contributed by atoms with Gasteiger partial charge in [-0.1, -0.05) is 18.2 Å². The highest BCUT2D eigenvalue weighted by atomic mass is 127. The third-order valence-electron chi connectivity index (χ3n) is 4.79. The van der Waals surface area contributed by atoms with E-state index >= 15 is 0 Å². The highest BCUT2D eigenvalue weighted by Crippen LogP contribution is 2.15. The van der Waals surface area contributed by atoms with Gasteiger partial charge in [-0.2, -0.15) is 0 Å². The fourth-order valence-electron chi connectivity index (χ4n) is 3.28. The fourth-order valence-corrected chi connectivity index (χ4v) is 3.28. The third kappa shape index (κ3) is 7.16. The van der Waals surface area contributed by atoms with Crippen LogP contribution < -0.4 is 16.0 Å². The highest BCUT2D eigenvalue weighted by Gasteiger charge is 2.06. The molecule has 0 saturated carbocycles. The number of hydrogen-bond donors (Lipinski definition) is 3. The number of unbranched alkanes of at least 4 members (excludes halogenated alkanes) is 1. The number of anilines is 1. The van der Waals surface area contributed by atoms with Crippen LogP contribution in [-0.2, 0) is 6.54 Å². The molecule has 1 aromatic carbocycles. The quantitative estimate of drug-likeness (QED) is 0.164. The van der Waals surface area contributed by atoms with Gasteiger partial charge in [-0.3, -0.25) is 4.99 Å². The van der Waals surface area contributed by atoms with Crippen LogP contribution in [0.4, 0.5) is 5.82 Å². The number of rotatable bonds is 10. The van der Waals surface area contributed by atoms with Gasteiger partial charge in [0.2, 0.25) is 0 Å². The number of imidazole rings is 1. The lowest BCUT2D eigenvalue weighted by Gasteiger charge is -2.13. The average molecular weight is 521 g/mol. The number of aliphatic imine (C=N–C) groups is 1. The number of para-hydroxylation sites is 2. The molecule has 3 aromatic rings. The molecule has 0 bridgehead atoms. The van der Waals surface area contributed by atoms with Gasteiger partial charge >= 0.3 is 0 Å². The molecule has 8 heteroatoms. The lowest BCUT2D eigenvalue weighted by molar-refractivity contribution is 0.622. The molecular formula is C22H32IN7. The molecule has 0 radical (unpaired) electrons. The second kappa shape index (κ2) is 13.0. The molecule has 0 aliphatic rings. The van der Waals surface area contributed by atoms with E-state index in [0.717, 1.165) is 68.6 Å². The van der Waals surface area contributed by atoms with E-state index in [4.69, 9.17) is 0 Å². The summed E-state index contributed by atoms with van der Waals surface area (Å²) in [5.74, 6) is 2.85. The van der Waals surface area contributed by atoms with Crippen molar-refractivity contribution in [3.05, 3.63) is 54.5 Å². The minimum Gasteiger partial charge on any atom is -0.370 e. The number of hydrogen-bond acceptors (Lipinski definition) is 4. The summed E-state index contributed by atoms with van der Waals surface area (Å²) in [6.45, 7) is 5.69. The summed E-state index contributed by atoms with van der Waals surface area (Å²) in [5.41, 5.74) is 2.26. The van der Waals surface area contributed by atoms with Crippen molar-refractivity contribution >= 4 is 46.8 Å². The Morgan fingerprint density at radius 3 is 2.47 bits per heavy atom. The zero-order valence-corrected chi connectivity index (χ0v) is 20.1. The van der Waals surface area contributed by atoms with Gasteiger partial charge in [-0.25, -0.2) is 9.97 Å². The van der Waals surface area contributed by atoms with Crippen molar-refractivity contribution < 1.29 is 0 Å². The maximum absolute atomic E-state index is 4.62. The van der Waals surface area contributed by atoms with Gasteiger partial charge in [0.15, 0.2) is 5.96 Å². The minimum atomic E-state index is 0. The van der Waals surface area contributed by atoms with Crippen molar-refractivity contribution in [2.45, 2.75) is 32.7 Å². The molecular weight excluding hydrogens is 489 g/mol. The monoisotopic (exact) mass is 521 g/mol. The molecule has 0 unspecified atom stereocenters. The van der Waals surface area contributed by atoms with Crippen molar-refractivity contribution in [2.24, 2.45) is 4.99 Å². The summed E-state index contributed by atoms with van der Waals surface area (Å²) in [7, 11) is 1.81. The number of pyridine rings is 1. The average Bonchev–Trinajstić information content (AvgIpc) is 3.07. The molecule has 0 amide bonds. The molecule has 0 aliphatic heterocycles. The van der Waals surface area contributed by atoms with Crippen LogP contribution in [-0.4, -0.2) is 47.2 Å². The van der Waals surface area contributed by atoms with E-state index in [2.05, 4.69) is 60.6 Å². The van der Waals surface area contributed by atoms with E-state index in [0.29, 0.717) is 0 Å². The molecule has 0 fully saturated rings. The third-order valence-corrected chi connectivity index (χ3v) is 4.79. The van der Waals surface area contributed by atoms with E-state index in [1.807, 2.05) is 31.3 Å². The lowest BCUT2D eigenvalue weighted by atomic mass is 10.3. The second-order valence-electron chi connectivity index (χ2n) is 6.93. The van der Waals surface area contributed by atoms with Crippen molar-refractivity contribution in [1.29, 1.82) is 0 Å². The Morgan fingerprint density at radius 2 is 1.70 bits per heavy atom. The molecule has 2 aromatic heterocycles. The smallest absolute Gasteiger partial charge is 0.190 e. The molecule has 7 nitrogen and oxygen atoms in total. The largest absolute Gasteiger partial charge is 0.370 e. The Balaban J connectivity index is 0.00000320. The second-order valence-corrected chi connectivity index (χ2v) is 6.93. The number of nitrogens with one attached hydrogen (secondary N) is 3. The summed E-state index contributed by atoms with van der Waals surface area (Å²) in [6, 6.07) is 14.2. The first-order valence-electron chi connectivity index (χ1n) is 10.3. The summed E-state index contributed by atoms with van der Waals surface area (Å²) in [4.78, 5) is 13.2. The standard InChI is InChI=1S/C22H31N7.HI/c1-18-28-19-10-3-4-11-20(19)29(18)17-9-16-27-22(23-2)26-15-8-7-14-25-21-12-5-6-13-24-21;/h3-6,10-13H,7-9,14-17H2,1-2H3,(H,24,25)(H2,23,26,27);1H. The van der Waals surface area contributed by atoms with Gasteiger partial charge in [-0.05, 0) is 50.5 Å². The Bertz CT molecular complexity index is 908. The van der Waals surface area contributed by atoms with Crippen LogP contribution in [0.25, 0.3) is 11.0 Å². The van der Waals surface area contributed by atoms with Crippen molar-refractivity contribution in [2.75, 3.05) is 32.0 Å². The fraction of sp³-hybridized carbons (Fsp3) is 0.409. The lowest BCUT2D eigenvalue weighted by Crippen LogP contribution is -2.38. The Kier molecular flexibility index (Phi) is 10.4. The van der Waals surface area contributed by atoms with Gasteiger partial charge in [0.1, 0.15) is 11.6 Å².